The number of hydrogen-bond acceptors (Lipinski definition) is 21. The van der Waals surface area contributed by atoms with Gasteiger partial charge in [0.05, 0.1) is 0 Å². The van der Waals surface area contributed by atoms with Crippen LogP contribution in [0.25, 0.3) is 0 Å². The fraction of sp³-hybridized carbons (Fsp3) is 0.939. The maximum absolute atomic E-state index is 10.7. The average molecular weight is 1340 g/mol. The first-order valence-corrected chi connectivity index (χ1v) is 46.9. The van der Waals surface area contributed by atoms with Gasteiger partial charge in [0.25, 0.3) is 26.5 Å². The van der Waals surface area contributed by atoms with E-state index in [1.165, 1.54) is 6.55 Å². The van der Waals surface area contributed by atoms with Gasteiger partial charge in [0.15, 0.2) is 0 Å². The summed E-state index contributed by atoms with van der Waals surface area (Å²) >= 11 is 15.6. The molecule has 0 rings (SSSR count). The van der Waals surface area contributed by atoms with Crippen molar-refractivity contribution in [3.05, 3.63) is 0 Å². The number of halogens is 3. The predicted octanol–water partition coefficient (Wildman–Crippen LogP) is 11.8. The molecule has 0 unspecified atom stereocenters. The third kappa shape index (κ3) is 61.3. The highest BCUT2D eigenvalue weighted by Crippen LogP contribution is 2.18. The summed E-state index contributed by atoms with van der Waals surface area (Å²) in [6.45, 7) is 41.5. The highest BCUT2D eigenvalue weighted by Gasteiger charge is 2.46. The van der Waals surface area contributed by atoms with E-state index < -0.39 is 76.5 Å². The zero-order valence-electron chi connectivity index (χ0n) is 55.6. The van der Waals surface area contributed by atoms with Crippen molar-refractivity contribution in [2.75, 3.05) is 123 Å². The third-order valence-corrected chi connectivity index (χ3v) is 26.2. The fourth-order valence-corrected chi connectivity index (χ4v) is 15.7. The van der Waals surface area contributed by atoms with Crippen molar-refractivity contribution in [3.8, 4) is 0 Å². The van der Waals surface area contributed by atoms with E-state index in [4.69, 9.17) is 86.3 Å². The van der Waals surface area contributed by atoms with Crippen LogP contribution in [0.4, 0.5) is 0 Å². The van der Waals surface area contributed by atoms with Crippen molar-refractivity contribution in [2.24, 2.45) is 0 Å². The van der Waals surface area contributed by atoms with Gasteiger partial charge in [-0.05, 0) is 115 Å². The molecule has 0 bridgehead atoms. The molecular weight excluding hydrogens is 1220 g/mol. The molecule has 0 saturated carbocycles. The second-order valence-electron chi connectivity index (χ2n) is 18.6. The van der Waals surface area contributed by atoms with Gasteiger partial charge in [0, 0.05) is 134 Å². The van der Waals surface area contributed by atoms with E-state index in [-0.39, 0.29) is 0 Å². The number of nitrogens with zero attached hydrogens (tertiary/aromatic N) is 3. The van der Waals surface area contributed by atoms with E-state index >= 15 is 0 Å². The summed E-state index contributed by atoms with van der Waals surface area (Å²) in [6.07, 6.45) is 9.70. The number of carbonyl (C=O) groups is 3. The van der Waals surface area contributed by atoms with Gasteiger partial charge < -0.3 is 80.1 Å². The van der Waals surface area contributed by atoms with E-state index in [2.05, 4.69) is 117 Å². The van der Waals surface area contributed by atoms with Gasteiger partial charge in [0.1, 0.15) is 0 Å². The highest BCUT2D eigenvalue weighted by molar-refractivity contribution is 7.64. The average Bonchev–Trinajstić information content (AvgIpc) is 3.34. The monoisotopic (exact) mass is 1340 g/mol. The molecule has 0 amide bonds. The fourth-order valence-electron chi connectivity index (χ4n) is 5.53. The third-order valence-electron chi connectivity index (χ3n) is 10.2. The Balaban J connectivity index is -0.000000159. The van der Waals surface area contributed by atoms with E-state index in [0.717, 1.165) is 118 Å². The Morgan fingerprint density at radius 3 is 0.662 bits per heavy atom. The van der Waals surface area contributed by atoms with E-state index in [1.54, 1.807) is 27.9 Å². The predicted molar refractivity (Wildman–Crippen MR) is 342 cm³/mol. The van der Waals surface area contributed by atoms with Crippen LogP contribution in [0.5, 0.6) is 0 Å². The molecule has 0 heterocycles. The molecule has 0 spiro atoms. The van der Waals surface area contributed by atoms with Crippen molar-refractivity contribution >= 4 is 110 Å². The van der Waals surface area contributed by atoms with Crippen LogP contribution >= 0.6 is 33.2 Å². The second-order valence-corrected chi connectivity index (χ2v) is 46.4. The molecule has 0 fully saturated rings. The van der Waals surface area contributed by atoms with Crippen LogP contribution in [-0.4, -0.2) is 213 Å². The topological polar surface area (TPSA) is 199 Å². The number of carbonyl (C=O) groups excluding carboxylic acids is 3. The Hall–Kier alpha value is 0.198. The lowest BCUT2D eigenvalue weighted by atomic mass is 10.4. The van der Waals surface area contributed by atoms with Crippen LogP contribution in [0.3, 0.4) is 0 Å². The standard InChI is InChI=1S/C13H30O3Si.C10H24O3Si.C7H21N3Si.C7H12O6Si.C7H18O3Si.C4H12O3Si.CH3Cl3Si/c1-5-8-11-14-17(4,15-12-9-6-2)16-13-10-7-3;1-5-8-11-14(4,12-9-6-2)13-10-7-3;1-8(2)11(7,9(3)4)10(5)6;1-5(8)11-14(4,12-6(2)9)13-7(3)10;1-5-8-11(4,9-6-2)10-7-3;1-5-8(4,6-2)7-3;1-5(2,3)4/h5-13H2,1-4H3;5-10H2,1-4H3;1-7H3;1-4H3;5-7H2,1-4H3;1-4H3;1H3. The van der Waals surface area contributed by atoms with Crippen LogP contribution in [0.2, 0.25) is 45.8 Å². The van der Waals surface area contributed by atoms with Crippen LogP contribution in [0, 0.1) is 0 Å². The van der Waals surface area contributed by atoms with Crippen molar-refractivity contribution < 1.29 is 80.8 Å². The SMILES string of the molecule is CC(=O)O[Si](C)(OC(C)=O)OC(C)=O.CCCCO[Si](C)(OCCCC)OCCCC.CCCO[Si](C)(OCCC)OCCC.CCO[Si](C)(OCC)OCC.CN(C)[Si](C)(N(C)C)N(C)C.CO[Si](C)(OC)OC.C[Si](Cl)(Cl)Cl. The van der Waals surface area contributed by atoms with Gasteiger partial charge in [-0.25, -0.2) is 0 Å². The first kappa shape index (κ1) is 93.9. The lowest BCUT2D eigenvalue weighted by molar-refractivity contribution is -0.147. The summed E-state index contributed by atoms with van der Waals surface area (Å²) in [4.78, 5) is 32.0. The first-order valence-electron chi connectivity index (χ1n) is 27.9. The molecule has 0 radical (unpaired) electrons. The second kappa shape index (κ2) is 55.8. The van der Waals surface area contributed by atoms with Crippen molar-refractivity contribution in [3.63, 3.8) is 0 Å². The van der Waals surface area contributed by atoms with E-state index in [9.17, 15) is 14.4 Å². The quantitative estimate of drug-likeness (QED) is 0.0325. The van der Waals surface area contributed by atoms with Crippen molar-refractivity contribution in [1.29, 1.82) is 0 Å². The summed E-state index contributed by atoms with van der Waals surface area (Å²) < 4.78 is 86.6. The molecule has 0 aromatic heterocycles. The lowest BCUT2D eigenvalue weighted by Gasteiger charge is -2.43. The number of hydrogen-bond donors (Lipinski definition) is 0. The molecule has 0 atom stereocenters. The molecule has 0 aliphatic rings. The summed E-state index contributed by atoms with van der Waals surface area (Å²) in [5.74, 6) is -2.00. The normalized spacial score (nSPS) is 11.9. The highest BCUT2D eigenvalue weighted by atomic mass is 35.8. The number of unbranched alkanes of at least 4 members (excludes halogenated alkanes) is 3. The van der Waals surface area contributed by atoms with Crippen molar-refractivity contribution in [2.45, 2.75) is 187 Å². The summed E-state index contributed by atoms with van der Waals surface area (Å²) in [5.41, 5.74) is 0. The van der Waals surface area contributed by atoms with Crippen LogP contribution in [0.1, 0.15) is 141 Å². The lowest BCUT2D eigenvalue weighted by Crippen LogP contribution is -2.67. The van der Waals surface area contributed by atoms with Gasteiger partial charge in [-0.3, -0.25) is 14.4 Å². The number of rotatable bonds is 36. The van der Waals surface area contributed by atoms with E-state index in [0.29, 0.717) is 19.8 Å². The summed E-state index contributed by atoms with van der Waals surface area (Å²) in [7, 11) is 3.56. The first-order chi connectivity index (χ1) is 36.8. The zero-order valence-corrected chi connectivity index (χ0v) is 64.8. The molecule has 31 heteroatoms. The molecular formula is C49H120Cl3N3O18Si7. The smallest absolute Gasteiger partial charge is 0.455 e. The van der Waals surface area contributed by atoms with Gasteiger partial charge in [-0.2, -0.15) is 0 Å². The van der Waals surface area contributed by atoms with Crippen molar-refractivity contribution in [1.82, 2.24) is 13.7 Å². The molecule has 488 valence electrons. The zero-order chi connectivity index (χ0) is 64.3. The molecule has 0 saturated heterocycles. The minimum Gasteiger partial charge on any atom is -0.455 e. The molecule has 21 nitrogen and oxygen atoms in total. The Labute approximate surface area is 511 Å². The van der Waals surface area contributed by atoms with E-state index in [1.807, 2.05) is 47.0 Å². The van der Waals surface area contributed by atoms with Gasteiger partial charge in [0.2, 0.25) is 0 Å². The molecule has 0 aromatic rings. The Bertz CT molecular complexity index is 1300. The Morgan fingerprint density at radius 1 is 0.338 bits per heavy atom. The van der Waals surface area contributed by atoms with Gasteiger partial charge in [-0.1, -0.05) is 60.8 Å². The summed E-state index contributed by atoms with van der Waals surface area (Å²) in [6, 6.07) is -2.19. The maximum atomic E-state index is 10.7. The molecule has 0 aliphatic carbocycles. The minimum atomic E-state index is -3.49. The van der Waals surface area contributed by atoms with Gasteiger partial charge in [-0.15, -0.1) is 33.2 Å². The summed E-state index contributed by atoms with van der Waals surface area (Å²) in [5, 5.41) is 0. The molecule has 80 heavy (non-hydrogen) atoms. The molecule has 0 N–H and O–H groups in total. The van der Waals surface area contributed by atoms with Crippen LogP contribution in [-0.2, 0) is 80.8 Å². The van der Waals surface area contributed by atoms with Crippen LogP contribution < -0.4 is 0 Å². The minimum absolute atomic E-state index is 0.655. The Morgan fingerprint density at radius 2 is 0.537 bits per heavy atom. The van der Waals surface area contributed by atoms with Gasteiger partial charge >= 0.3 is 50.0 Å². The molecule has 0 aliphatic heterocycles. The van der Waals surface area contributed by atoms with Crippen LogP contribution in [0.15, 0.2) is 0 Å². The largest absolute Gasteiger partial charge is 0.701 e. The maximum Gasteiger partial charge on any atom is 0.701 e. The molecule has 0 aromatic carbocycles. The Kier molecular flexibility index (Phi) is 65.4.